The van der Waals surface area contributed by atoms with E-state index < -0.39 is 0 Å². The van der Waals surface area contributed by atoms with Gasteiger partial charge in [-0.05, 0) is 36.4 Å². The van der Waals surface area contributed by atoms with Crippen molar-refractivity contribution in [2.75, 3.05) is 5.32 Å². The van der Waals surface area contributed by atoms with Crippen LogP contribution in [0.3, 0.4) is 0 Å². The van der Waals surface area contributed by atoms with E-state index in [1.54, 1.807) is 0 Å². The minimum atomic E-state index is 0.358. The normalized spacial score (nSPS) is 11.3. The van der Waals surface area contributed by atoms with Crippen LogP contribution in [0.15, 0.2) is 66.7 Å². The molecule has 5 rings (SSSR count). The maximum Gasteiger partial charge on any atom is 0.247 e. The number of pyridine rings is 1. The van der Waals surface area contributed by atoms with Crippen LogP contribution in [0.4, 0.5) is 11.6 Å². The van der Waals surface area contributed by atoms with Crippen molar-refractivity contribution in [3.8, 4) is 11.3 Å². The highest BCUT2D eigenvalue weighted by Gasteiger charge is 2.11. The Kier molecular flexibility index (Phi) is 3.76. The molecule has 0 atom stereocenters. The molecule has 0 bridgehead atoms. The molecule has 0 aliphatic rings. The van der Waals surface area contributed by atoms with Crippen LogP contribution in [0, 0.1) is 0 Å². The molecule has 27 heavy (non-hydrogen) atoms. The Morgan fingerprint density at radius 2 is 1.85 bits per heavy atom. The summed E-state index contributed by atoms with van der Waals surface area (Å²) in [4.78, 5) is 12.3. The molecule has 7 heteroatoms. The number of hydrogen-bond acceptors (Lipinski definition) is 4. The number of anilines is 2. The van der Waals surface area contributed by atoms with Gasteiger partial charge in [-0.25, -0.2) is 9.50 Å². The lowest BCUT2D eigenvalue weighted by molar-refractivity contribution is 0.974. The fourth-order valence-corrected chi connectivity index (χ4v) is 3.24. The third-order valence-electron chi connectivity index (χ3n) is 4.34. The summed E-state index contributed by atoms with van der Waals surface area (Å²) in [5.41, 5.74) is 5.54. The van der Waals surface area contributed by atoms with Crippen molar-refractivity contribution in [1.82, 2.24) is 24.6 Å². The summed E-state index contributed by atoms with van der Waals surface area (Å²) in [6.07, 6.45) is 0. The Morgan fingerprint density at radius 3 is 2.70 bits per heavy atom. The average Bonchev–Trinajstić information content (AvgIpc) is 3.30. The van der Waals surface area contributed by atoms with Crippen LogP contribution < -0.4 is 5.32 Å². The first-order valence-corrected chi connectivity index (χ1v) is 9.06. The van der Waals surface area contributed by atoms with Crippen LogP contribution in [0.25, 0.3) is 27.9 Å². The first-order chi connectivity index (χ1) is 13.3. The zero-order valence-corrected chi connectivity index (χ0v) is 15.0. The van der Waals surface area contributed by atoms with E-state index in [0.29, 0.717) is 11.8 Å². The summed E-state index contributed by atoms with van der Waals surface area (Å²) < 4.78 is 1.84. The molecule has 0 aliphatic heterocycles. The van der Waals surface area contributed by atoms with Crippen LogP contribution in [-0.2, 0) is 5.88 Å². The van der Waals surface area contributed by atoms with Crippen LogP contribution in [0.2, 0.25) is 0 Å². The number of nitrogens with zero attached hydrogens (tertiary/aromatic N) is 4. The van der Waals surface area contributed by atoms with E-state index in [0.717, 1.165) is 39.4 Å². The highest BCUT2D eigenvalue weighted by Crippen LogP contribution is 2.25. The highest BCUT2D eigenvalue weighted by molar-refractivity contribution is 6.16. The van der Waals surface area contributed by atoms with Crippen LogP contribution in [-0.4, -0.2) is 24.6 Å². The lowest BCUT2D eigenvalue weighted by atomic mass is 10.1. The zero-order chi connectivity index (χ0) is 18.2. The highest BCUT2D eigenvalue weighted by atomic mass is 35.5. The fourth-order valence-electron chi connectivity index (χ4n) is 3.11. The number of hydrogen-bond donors (Lipinski definition) is 2. The van der Waals surface area contributed by atoms with Crippen LogP contribution in [0.5, 0.6) is 0 Å². The van der Waals surface area contributed by atoms with E-state index in [2.05, 4.69) is 31.4 Å². The standard InChI is InChI=1S/C20H15ClN6/c21-12-18-23-15-10-9-13(11-16(15)24-18)17-7-4-8-19-25-20(26-27(17)19)22-14-5-2-1-3-6-14/h1-11H,12H2,(H,22,26)(H,23,24). The SMILES string of the molecule is ClCc1nc2ccc(-c3cccc4nc(Nc5ccccc5)nn34)cc2[nH]1. The molecule has 0 saturated carbocycles. The van der Waals surface area contributed by atoms with Gasteiger partial charge in [0.05, 0.1) is 22.6 Å². The lowest BCUT2D eigenvalue weighted by Gasteiger charge is -2.04. The van der Waals surface area contributed by atoms with E-state index in [1.165, 1.54) is 0 Å². The fraction of sp³-hybridized carbons (Fsp3) is 0.0500. The summed E-state index contributed by atoms with van der Waals surface area (Å²) in [6, 6.07) is 21.9. The van der Waals surface area contributed by atoms with Crippen molar-refractivity contribution in [3.63, 3.8) is 0 Å². The minimum Gasteiger partial charge on any atom is -0.341 e. The summed E-state index contributed by atoms with van der Waals surface area (Å²) in [5, 5.41) is 7.87. The summed E-state index contributed by atoms with van der Waals surface area (Å²) in [7, 11) is 0. The number of nitrogens with one attached hydrogen (secondary N) is 2. The predicted octanol–water partition coefficient (Wildman–Crippen LogP) is 4.76. The number of halogens is 1. The Labute approximate surface area is 159 Å². The zero-order valence-electron chi connectivity index (χ0n) is 14.2. The largest absolute Gasteiger partial charge is 0.341 e. The molecule has 2 N–H and O–H groups in total. The van der Waals surface area contributed by atoms with E-state index in [9.17, 15) is 0 Å². The minimum absolute atomic E-state index is 0.358. The number of alkyl halides is 1. The molecule has 3 heterocycles. The molecule has 0 unspecified atom stereocenters. The Hall–Kier alpha value is -3.38. The number of aromatic amines is 1. The van der Waals surface area contributed by atoms with Crippen LogP contribution >= 0.6 is 11.6 Å². The third-order valence-corrected chi connectivity index (χ3v) is 4.60. The second-order valence-corrected chi connectivity index (χ2v) is 6.42. The molecule has 5 aromatic rings. The number of para-hydroxylation sites is 1. The van der Waals surface area contributed by atoms with E-state index in [1.807, 2.05) is 65.2 Å². The molecule has 0 saturated heterocycles. The average molecular weight is 375 g/mol. The van der Waals surface area contributed by atoms with Gasteiger partial charge in [0.2, 0.25) is 5.95 Å². The Morgan fingerprint density at radius 1 is 0.963 bits per heavy atom. The Bertz CT molecular complexity index is 1240. The smallest absolute Gasteiger partial charge is 0.247 e. The first-order valence-electron chi connectivity index (χ1n) is 8.53. The maximum absolute atomic E-state index is 5.88. The molecule has 3 aromatic heterocycles. The van der Waals surface area contributed by atoms with Gasteiger partial charge in [0.1, 0.15) is 5.82 Å². The predicted molar refractivity (Wildman–Crippen MR) is 107 cm³/mol. The molecule has 0 radical (unpaired) electrons. The van der Waals surface area contributed by atoms with Crippen LogP contribution in [0.1, 0.15) is 5.82 Å². The van der Waals surface area contributed by atoms with E-state index >= 15 is 0 Å². The number of H-pyrrole nitrogens is 1. The molecule has 132 valence electrons. The number of aromatic nitrogens is 5. The van der Waals surface area contributed by atoms with Crippen molar-refractivity contribution in [3.05, 3.63) is 72.6 Å². The summed E-state index contributed by atoms with van der Waals surface area (Å²) in [6.45, 7) is 0. The molecule has 0 amide bonds. The maximum atomic E-state index is 5.88. The molecule has 6 nitrogen and oxygen atoms in total. The Balaban J connectivity index is 1.58. The van der Waals surface area contributed by atoms with Gasteiger partial charge in [0.25, 0.3) is 0 Å². The first kappa shape index (κ1) is 15.8. The third kappa shape index (κ3) is 2.90. The number of fused-ring (bicyclic) bond motifs is 2. The molecule has 0 fully saturated rings. The number of rotatable bonds is 4. The van der Waals surface area contributed by atoms with E-state index in [4.69, 9.17) is 11.6 Å². The van der Waals surface area contributed by atoms with Gasteiger partial charge in [-0.1, -0.05) is 30.3 Å². The second-order valence-electron chi connectivity index (χ2n) is 6.16. The monoisotopic (exact) mass is 374 g/mol. The molecule has 2 aromatic carbocycles. The summed E-state index contributed by atoms with van der Waals surface area (Å²) >= 11 is 5.88. The van der Waals surface area contributed by atoms with Crippen molar-refractivity contribution >= 4 is 39.9 Å². The topological polar surface area (TPSA) is 70.9 Å². The van der Waals surface area contributed by atoms with Gasteiger partial charge >= 0.3 is 0 Å². The van der Waals surface area contributed by atoms with Gasteiger partial charge in [-0.15, -0.1) is 16.7 Å². The van der Waals surface area contributed by atoms with Crippen molar-refractivity contribution in [2.45, 2.75) is 5.88 Å². The second kappa shape index (κ2) is 6.41. The quantitative estimate of drug-likeness (QED) is 0.445. The van der Waals surface area contributed by atoms with Crippen molar-refractivity contribution in [1.29, 1.82) is 0 Å². The molecule has 0 aliphatic carbocycles. The number of benzene rings is 2. The van der Waals surface area contributed by atoms with E-state index in [-0.39, 0.29) is 0 Å². The molecule has 0 spiro atoms. The van der Waals surface area contributed by atoms with Gasteiger partial charge in [-0.2, -0.15) is 4.98 Å². The van der Waals surface area contributed by atoms with Gasteiger partial charge in [0.15, 0.2) is 5.65 Å². The van der Waals surface area contributed by atoms with Gasteiger partial charge in [0, 0.05) is 11.3 Å². The summed E-state index contributed by atoms with van der Waals surface area (Å²) in [5.74, 6) is 1.68. The number of imidazole rings is 1. The van der Waals surface area contributed by atoms with Gasteiger partial charge < -0.3 is 10.3 Å². The molecular formula is C20H15ClN6. The van der Waals surface area contributed by atoms with Crippen molar-refractivity contribution in [2.24, 2.45) is 0 Å². The lowest BCUT2D eigenvalue weighted by Crippen LogP contribution is -1.95. The van der Waals surface area contributed by atoms with Crippen molar-refractivity contribution < 1.29 is 0 Å². The van der Waals surface area contributed by atoms with Gasteiger partial charge in [-0.3, -0.25) is 0 Å². The molecular weight excluding hydrogens is 360 g/mol.